The Kier molecular flexibility index (Phi) is 6.07. The second-order valence-electron chi connectivity index (χ2n) is 7.56. The van der Waals surface area contributed by atoms with Gasteiger partial charge in [-0.3, -0.25) is 10.00 Å². The zero-order valence-electron chi connectivity index (χ0n) is 16.1. The second kappa shape index (κ2) is 8.87. The van der Waals surface area contributed by atoms with Crippen molar-refractivity contribution in [2.45, 2.75) is 31.8 Å². The first-order valence-corrected chi connectivity index (χ1v) is 10.0. The molecule has 0 bridgehead atoms. The summed E-state index contributed by atoms with van der Waals surface area (Å²) in [6, 6.07) is 8.68. The summed E-state index contributed by atoms with van der Waals surface area (Å²) in [5.74, 6) is 1.52. The van der Waals surface area contributed by atoms with Gasteiger partial charge in [0.2, 0.25) is 0 Å². The summed E-state index contributed by atoms with van der Waals surface area (Å²) in [7, 11) is 1.69. The van der Waals surface area contributed by atoms with Gasteiger partial charge >= 0.3 is 0 Å². The van der Waals surface area contributed by atoms with Crippen molar-refractivity contribution in [1.82, 2.24) is 20.4 Å². The number of ether oxygens (including phenoxy) is 2. The van der Waals surface area contributed by atoms with Crippen LogP contribution in [-0.4, -0.2) is 61.1 Å². The van der Waals surface area contributed by atoms with Gasteiger partial charge in [-0.05, 0) is 56.6 Å². The second-order valence-corrected chi connectivity index (χ2v) is 7.56. The summed E-state index contributed by atoms with van der Waals surface area (Å²) in [4.78, 5) is 2.66. The molecule has 0 aliphatic carbocycles. The third-order valence-electron chi connectivity index (χ3n) is 5.88. The molecule has 0 amide bonds. The van der Waals surface area contributed by atoms with Gasteiger partial charge in [-0.2, -0.15) is 5.10 Å². The van der Waals surface area contributed by atoms with Crippen molar-refractivity contribution in [3.05, 3.63) is 36.0 Å². The van der Waals surface area contributed by atoms with Crippen molar-refractivity contribution >= 4 is 0 Å². The molecule has 0 unspecified atom stereocenters. The number of hydrogen-bond donors (Lipinski definition) is 2. The lowest BCUT2D eigenvalue weighted by molar-refractivity contribution is 0.134. The maximum Gasteiger partial charge on any atom is 0.118 e. The molecule has 2 N–H and O–H groups in total. The Morgan fingerprint density at radius 1 is 1.30 bits per heavy atom. The first kappa shape index (κ1) is 18.5. The predicted molar refractivity (Wildman–Crippen MR) is 106 cm³/mol. The number of likely N-dealkylation sites (tertiary alicyclic amines) is 1. The molecule has 4 rings (SSSR count). The molecule has 3 heterocycles. The van der Waals surface area contributed by atoms with Gasteiger partial charge < -0.3 is 14.8 Å². The van der Waals surface area contributed by atoms with Crippen LogP contribution in [0.25, 0.3) is 11.3 Å². The van der Waals surface area contributed by atoms with Crippen molar-refractivity contribution in [1.29, 1.82) is 0 Å². The van der Waals surface area contributed by atoms with Crippen LogP contribution >= 0.6 is 0 Å². The Balaban J connectivity index is 1.38. The fourth-order valence-electron chi connectivity index (χ4n) is 4.33. The van der Waals surface area contributed by atoms with Crippen LogP contribution < -0.4 is 10.1 Å². The van der Waals surface area contributed by atoms with Gasteiger partial charge in [0.15, 0.2) is 0 Å². The predicted octanol–water partition coefficient (Wildman–Crippen LogP) is 2.68. The van der Waals surface area contributed by atoms with Gasteiger partial charge in [0.05, 0.1) is 25.6 Å². The smallest absolute Gasteiger partial charge is 0.118 e. The Morgan fingerprint density at radius 3 is 2.81 bits per heavy atom. The highest BCUT2D eigenvalue weighted by atomic mass is 16.5. The number of methoxy groups -OCH3 is 1. The van der Waals surface area contributed by atoms with Gasteiger partial charge in [-0.1, -0.05) is 0 Å². The normalized spacial score (nSPS) is 21.6. The highest BCUT2D eigenvalue weighted by Gasteiger charge is 2.31. The molecule has 6 nitrogen and oxygen atoms in total. The summed E-state index contributed by atoms with van der Waals surface area (Å²) in [6.07, 6.45) is 5.77. The molecule has 146 valence electrons. The van der Waals surface area contributed by atoms with E-state index in [1.807, 2.05) is 18.3 Å². The first-order valence-electron chi connectivity index (χ1n) is 10.0. The van der Waals surface area contributed by atoms with Crippen LogP contribution in [0.2, 0.25) is 0 Å². The van der Waals surface area contributed by atoms with Crippen LogP contribution in [0.5, 0.6) is 5.75 Å². The molecule has 2 saturated heterocycles. The van der Waals surface area contributed by atoms with E-state index < -0.39 is 0 Å². The van der Waals surface area contributed by atoms with Gasteiger partial charge in [0.25, 0.3) is 0 Å². The van der Waals surface area contributed by atoms with Crippen LogP contribution in [0.15, 0.2) is 30.5 Å². The number of nitrogens with one attached hydrogen (secondary N) is 2. The van der Waals surface area contributed by atoms with E-state index in [-0.39, 0.29) is 0 Å². The number of hydrogen-bond acceptors (Lipinski definition) is 5. The minimum Gasteiger partial charge on any atom is -0.497 e. The molecule has 2 aliphatic heterocycles. The maximum atomic E-state index is 5.67. The van der Waals surface area contributed by atoms with Gasteiger partial charge in [-0.25, -0.2) is 0 Å². The van der Waals surface area contributed by atoms with E-state index in [4.69, 9.17) is 9.47 Å². The number of aromatic amines is 1. The van der Waals surface area contributed by atoms with Gasteiger partial charge in [0, 0.05) is 42.8 Å². The van der Waals surface area contributed by atoms with E-state index in [0.29, 0.717) is 12.0 Å². The summed E-state index contributed by atoms with van der Waals surface area (Å²) < 4.78 is 10.9. The van der Waals surface area contributed by atoms with Crippen LogP contribution in [0.4, 0.5) is 0 Å². The average molecular weight is 370 g/mol. The van der Waals surface area contributed by atoms with E-state index in [1.165, 1.54) is 37.9 Å². The largest absolute Gasteiger partial charge is 0.497 e. The number of nitrogens with zero attached hydrogens (tertiary/aromatic N) is 2. The third kappa shape index (κ3) is 4.34. The molecule has 1 aromatic carbocycles. The van der Waals surface area contributed by atoms with E-state index in [2.05, 4.69) is 32.5 Å². The number of aromatic nitrogens is 2. The number of H-pyrrole nitrogens is 1. The standard InChI is InChI=1S/C21H30N4O2/c1-26-19-6-4-16(5-7-19)21-18(13-23-24-21)12-22-14-20(17-8-11-27-15-17)25-9-2-3-10-25/h4-7,13,17,20,22H,2-3,8-12,14-15H2,1H3,(H,23,24)/t17-,20+/m1/s1. The van der Waals surface area contributed by atoms with Crippen LogP contribution in [0.1, 0.15) is 24.8 Å². The Labute approximate surface area is 161 Å². The Hall–Kier alpha value is -1.89. The lowest BCUT2D eigenvalue weighted by Gasteiger charge is -2.32. The van der Waals surface area contributed by atoms with E-state index in [0.717, 1.165) is 43.3 Å². The third-order valence-corrected chi connectivity index (χ3v) is 5.88. The fraction of sp³-hybridized carbons (Fsp3) is 0.571. The van der Waals surface area contributed by atoms with Gasteiger partial charge in [0.1, 0.15) is 5.75 Å². The Morgan fingerprint density at radius 2 is 2.11 bits per heavy atom. The van der Waals surface area contributed by atoms with Crippen molar-refractivity contribution in [2.75, 3.05) is 40.0 Å². The minimum atomic E-state index is 0.575. The molecule has 6 heteroatoms. The van der Waals surface area contributed by atoms with Crippen molar-refractivity contribution in [3.8, 4) is 17.0 Å². The fourth-order valence-corrected chi connectivity index (χ4v) is 4.33. The number of rotatable bonds is 8. The minimum absolute atomic E-state index is 0.575. The zero-order valence-corrected chi connectivity index (χ0v) is 16.1. The SMILES string of the molecule is COc1ccc(-c2[nH]ncc2CNC[C@@H]([C@@H]2CCOC2)N2CCCC2)cc1. The van der Waals surface area contributed by atoms with Crippen molar-refractivity contribution in [3.63, 3.8) is 0 Å². The van der Waals surface area contributed by atoms with Crippen molar-refractivity contribution < 1.29 is 9.47 Å². The lowest BCUT2D eigenvalue weighted by atomic mass is 9.97. The molecule has 2 aromatic rings. The molecule has 0 radical (unpaired) electrons. The number of benzene rings is 1. The molecule has 0 spiro atoms. The molecule has 2 atom stereocenters. The van der Waals surface area contributed by atoms with E-state index in [9.17, 15) is 0 Å². The summed E-state index contributed by atoms with van der Waals surface area (Å²) in [5, 5.41) is 11.1. The highest BCUT2D eigenvalue weighted by molar-refractivity contribution is 5.63. The summed E-state index contributed by atoms with van der Waals surface area (Å²) >= 11 is 0. The Bertz CT molecular complexity index is 687. The summed E-state index contributed by atoms with van der Waals surface area (Å²) in [6.45, 7) is 6.10. The molecule has 0 saturated carbocycles. The quantitative estimate of drug-likeness (QED) is 0.748. The molecule has 27 heavy (non-hydrogen) atoms. The van der Waals surface area contributed by atoms with E-state index >= 15 is 0 Å². The first-order chi connectivity index (χ1) is 13.3. The van der Waals surface area contributed by atoms with Crippen molar-refractivity contribution in [2.24, 2.45) is 5.92 Å². The molecule has 2 aliphatic rings. The van der Waals surface area contributed by atoms with Gasteiger partial charge in [-0.15, -0.1) is 0 Å². The average Bonchev–Trinajstić information content (AvgIpc) is 3.48. The highest BCUT2D eigenvalue weighted by Crippen LogP contribution is 2.25. The molecule has 2 fully saturated rings. The zero-order chi connectivity index (χ0) is 18.5. The molecular weight excluding hydrogens is 340 g/mol. The van der Waals surface area contributed by atoms with Crippen LogP contribution in [0.3, 0.4) is 0 Å². The molecule has 1 aromatic heterocycles. The monoisotopic (exact) mass is 370 g/mol. The van der Waals surface area contributed by atoms with Crippen LogP contribution in [-0.2, 0) is 11.3 Å². The lowest BCUT2D eigenvalue weighted by Crippen LogP contribution is -2.45. The maximum absolute atomic E-state index is 5.67. The van der Waals surface area contributed by atoms with E-state index in [1.54, 1.807) is 7.11 Å². The topological polar surface area (TPSA) is 62.4 Å². The van der Waals surface area contributed by atoms with Crippen LogP contribution in [0, 0.1) is 5.92 Å². The molecular formula is C21H30N4O2. The summed E-state index contributed by atoms with van der Waals surface area (Å²) in [5.41, 5.74) is 3.40.